The van der Waals surface area contributed by atoms with Gasteiger partial charge in [-0.3, -0.25) is 4.79 Å². The van der Waals surface area contributed by atoms with Crippen molar-refractivity contribution >= 4 is 5.91 Å². The Labute approximate surface area is 133 Å². The van der Waals surface area contributed by atoms with Crippen molar-refractivity contribution in [2.24, 2.45) is 5.92 Å². The van der Waals surface area contributed by atoms with Gasteiger partial charge < -0.3 is 10.1 Å². The highest BCUT2D eigenvalue weighted by Gasteiger charge is 2.28. The molecule has 23 heavy (non-hydrogen) atoms. The van der Waals surface area contributed by atoms with Gasteiger partial charge in [-0.25, -0.2) is 4.98 Å². The van der Waals surface area contributed by atoms with Gasteiger partial charge in [0.05, 0.1) is 5.56 Å². The lowest BCUT2D eigenvalue weighted by Gasteiger charge is -2.10. The SMILES string of the molecule is O=C(NCCCC1CCCC1)c1ccc(OCC(F)(F)F)nc1. The Balaban J connectivity index is 1.69. The molecular formula is C16H21F3N2O2. The first kappa shape index (κ1) is 17.6. The zero-order chi connectivity index (χ0) is 16.7. The van der Waals surface area contributed by atoms with Gasteiger partial charge in [-0.15, -0.1) is 0 Å². The number of carbonyl (C=O) groups is 1. The fraction of sp³-hybridized carbons (Fsp3) is 0.625. The van der Waals surface area contributed by atoms with Gasteiger partial charge in [0.2, 0.25) is 5.88 Å². The Kier molecular flexibility index (Phi) is 6.24. The molecule has 0 spiro atoms. The number of carbonyl (C=O) groups excluding carboxylic acids is 1. The largest absolute Gasteiger partial charge is 0.468 e. The second-order valence-electron chi connectivity index (χ2n) is 5.84. The monoisotopic (exact) mass is 330 g/mol. The van der Waals surface area contributed by atoms with Gasteiger partial charge in [0.15, 0.2) is 6.61 Å². The number of hydrogen-bond acceptors (Lipinski definition) is 3. The van der Waals surface area contributed by atoms with Crippen molar-refractivity contribution < 1.29 is 22.7 Å². The topological polar surface area (TPSA) is 51.2 Å². The molecule has 0 bridgehead atoms. The Morgan fingerprint density at radius 3 is 2.65 bits per heavy atom. The summed E-state index contributed by atoms with van der Waals surface area (Å²) < 4.78 is 40.5. The first-order valence-electron chi connectivity index (χ1n) is 7.88. The van der Waals surface area contributed by atoms with Crippen LogP contribution in [-0.2, 0) is 0 Å². The van der Waals surface area contributed by atoms with Gasteiger partial charge in [0, 0.05) is 18.8 Å². The number of amides is 1. The maximum Gasteiger partial charge on any atom is 0.422 e. The molecule has 1 amide bonds. The molecule has 0 radical (unpaired) electrons. The number of hydrogen-bond donors (Lipinski definition) is 1. The highest BCUT2D eigenvalue weighted by Crippen LogP contribution is 2.28. The lowest BCUT2D eigenvalue weighted by Crippen LogP contribution is -2.25. The number of nitrogens with zero attached hydrogens (tertiary/aromatic N) is 1. The average molecular weight is 330 g/mol. The summed E-state index contributed by atoms with van der Waals surface area (Å²) in [6.45, 7) is -0.797. The molecule has 0 unspecified atom stereocenters. The smallest absolute Gasteiger partial charge is 0.422 e. The second kappa shape index (κ2) is 8.17. The van der Waals surface area contributed by atoms with Crippen LogP contribution in [0.5, 0.6) is 5.88 Å². The highest BCUT2D eigenvalue weighted by molar-refractivity contribution is 5.93. The third-order valence-electron chi connectivity index (χ3n) is 3.93. The zero-order valence-electron chi connectivity index (χ0n) is 12.9. The van der Waals surface area contributed by atoms with Crippen molar-refractivity contribution in [3.63, 3.8) is 0 Å². The summed E-state index contributed by atoms with van der Waals surface area (Å²) in [5.74, 6) is 0.366. The van der Waals surface area contributed by atoms with Crippen LogP contribution in [0.3, 0.4) is 0 Å². The molecule has 0 aromatic carbocycles. The molecule has 1 saturated carbocycles. The minimum Gasteiger partial charge on any atom is -0.468 e. The molecular weight excluding hydrogens is 309 g/mol. The number of nitrogens with one attached hydrogen (secondary N) is 1. The van der Waals surface area contributed by atoms with Crippen molar-refractivity contribution in [2.45, 2.75) is 44.7 Å². The van der Waals surface area contributed by atoms with Gasteiger partial charge in [0.1, 0.15) is 0 Å². The summed E-state index contributed by atoms with van der Waals surface area (Å²) in [5, 5.41) is 2.80. The minimum atomic E-state index is -4.41. The molecule has 1 aliphatic carbocycles. The molecule has 0 aliphatic heterocycles. The van der Waals surface area contributed by atoms with E-state index in [0.29, 0.717) is 12.1 Å². The molecule has 7 heteroatoms. The Morgan fingerprint density at radius 2 is 2.04 bits per heavy atom. The maximum absolute atomic E-state index is 12.0. The minimum absolute atomic E-state index is 0.153. The normalized spacial score (nSPS) is 15.6. The molecule has 128 valence electrons. The average Bonchev–Trinajstić information content (AvgIpc) is 3.02. The number of aromatic nitrogens is 1. The standard InChI is InChI=1S/C16H21F3N2O2/c17-16(18,19)11-23-14-8-7-13(10-21-14)15(22)20-9-3-6-12-4-1-2-5-12/h7-8,10,12H,1-6,9,11H2,(H,20,22). The third kappa shape index (κ3) is 6.46. The fourth-order valence-corrected chi connectivity index (χ4v) is 2.75. The van der Waals surface area contributed by atoms with E-state index in [-0.39, 0.29) is 11.8 Å². The lowest BCUT2D eigenvalue weighted by molar-refractivity contribution is -0.154. The molecule has 0 saturated heterocycles. The van der Waals surface area contributed by atoms with Crippen LogP contribution in [0.25, 0.3) is 0 Å². The quantitative estimate of drug-likeness (QED) is 0.775. The van der Waals surface area contributed by atoms with Crippen molar-refractivity contribution in [3.05, 3.63) is 23.9 Å². The van der Waals surface area contributed by atoms with Crippen LogP contribution in [0.1, 0.15) is 48.9 Å². The summed E-state index contributed by atoms with van der Waals surface area (Å²) in [7, 11) is 0. The van der Waals surface area contributed by atoms with Gasteiger partial charge in [-0.2, -0.15) is 13.2 Å². The summed E-state index contributed by atoms with van der Waals surface area (Å²) >= 11 is 0. The summed E-state index contributed by atoms with van der Waals surface area (Å²) in [6.07, 6.45) is 4.08. The number of alkyl halides is 3. The summed E-state index contributed by atoms with van der Waals surface area (Å²) in [4.78, 5) is 15.6. The number of pyridine rings is 1. The number of halogens is 3. The first-order chi connectivity index (χ1) is 10.9. The van der Waals surface area contributed by atoms with Gasteiger partial charge in [0.25, 0.3) is 5.91 Å². The Hall–Kier alpha value is -1.79. The fourth-order valence-electron chi connectivity index (χ4n) is 2.75. The van der Waals surface area contributed by atoms with E-state index >= 15 is 0 Å². The van der Waals surface area contributed by atoms with Crippen LogP contribution in [-0.4, -0.2) is 30.2 Å². The molecule has 1 aromatic rings. The predicted molar refractivity (Wildman–Crippen MR) is 79.3 cm³/mol. The molecule has 1 heterocycles. The number of ether oxygens (including phenoxy) is 1. The maximum atomic E-state index is 12.0. The molecule has 0 atom stereocenters. The van der Waals surface area contributed by atoms with E-state index in [9.17, 15) is 18.0 Å². The third-order valence-corrected chi connectivity index (χ3v) is 3.93. The molecule has 1 N–H and O–H groups in total. The predicted octanol–water partition coefficient (Wildman–Crippen LogP) is 3.72. The highest BCUT2D eigenvalue weighted by atomic mass is 19.4. The van der Waals surface area contributed by atoms with Gasteiger partial charge in [-0.05, 0) is 24.8 Å². The molecule has 2 rings (SSSR count). The Bertz CT molecular complexity index is 497. The summed E-state index contributed by atoms with van der Waals surface area (Å²) in [6, 6.07) is 2.67. The van der Waals surface area contributed by atoms with E-state index in [1.807, 2.05) is 0 Å². The van der Waals surface area contributed by atoms with Crippen LogP contribution in [0, 0.1) is 5.92 Å². The van der Waals surface area contributed by atoms with E-state index in [1.54, 1.807) is 0 Å². The molecule has 1 aliphatic rings. The Morgan fingerprint density at radius 1 is 1.30 bits per heavy atom. The molecule has 1 aromatic heterocycles. The second-order valence-corrected chi connectivity index (χ2v) is 5.84. The van der Waals surface area contributed by atoms with Crippen LogP contribution in [0.2, 0.25) is 0 Å². The van der Waals surface area contributed by atoms with E-state index in [2.05, 4.69) is 15.0 Å². The van der Waals surface area contributed by atoms with Crippen molar-refractivity contribution in [1.82, 2.24) is 10.3 Å². The lowest BCUT2D eigenvalue weighted by atomic mass is 10.0. The molecule has 4 nitrogen and oxygen atoms in total. The van der Waals surface area contributed by atoms with Crippen molar-refractivity contribution in [3.8, 4) is 5.88 Å². The summed E-state index contributed by atoms with van der Waals surface area (Å²) in [5.41, 5.74) is 0.310. The van der Waals surface area contributed by atoms with E-state index in [1.165, 1.54) is 44.0 Å². The van der Waals surface area contributed by atoms with E-state index in [0.717, 1.165) is 18.8 Å². The van der Waals surface area contributed by atoms with Crippen molar-refractivity contribution in [2.75, 3.05) is 13.2 Å². The van der Waals surface area contributed by atoms with Crippen LogP contribution in [0.15, 0.2) is 18.3 Å². The van der Waals surface area contributed by atoms with Gasteiger partial charge >= 0.3 is 6.18 Å². The van der Waals surface area contributed by atoms with E-state index < -0.39 is 12.8 Å². The first-order valence-corrected chi connectivity index (χ1v) is 7.88. The van der Waals surface area contributed by atoms with Crippen LogP contribution < -0.4 is 10.1 Å². The van der Waals surface area contributed by atoms with E-state index in [4.69, 9.17) is 0 Å². The van der Waals surface area contributed by atoms with Gasteiger partial charge in [-0.1, -0.05) is 25.7 Å². The zero-order valence-corrected chi connectivity index (χ0v) is 12.9. The molecule has 1 fully saturated rings. The van der Waals surface area contributed by atoms with Crippen LogP contribution in [0.4, 0.5) is 13.2 Å². The van der Waals surface area contributed by atoms with Crippen LogP contribution >= 0.6 is 0 Å². The van der Waals surface area contributed by atoms with Crippen molar-refractivity contribution in [1.29, 1.82) is 0 Å². The number of rotatable bonds is 7.